The molecule has 0 aromatic rings. The third kappa shape index (κ3) is 3.72. The summed E-state index contributed by atoms with van der Waals surface area (Å²) in [5.74, 6) is 0. The van der Waals surface area contributed by atoms with Gasteiger partial charge in [0, 0.05) is 13.1 Å². The summed E-state index contributed by atoms with van der Waals surface area (Å²) in [4.78, 5) is 0. The molecule has 0 aromatic carbocycles. The van der Waals surface area contributed by atoms with E-state index in [1.807, 2.05) is 0 Å². The molecule has 0 saturated heterocycles. The van der Waals surface area contributed by atoms with Crippen LogP contribution in [-0.4, -0.2) is 24.3 Å². The molecular formula is C6H16ClN2P. The van der Waals surface area contributed by atoms with Gasteiger partial charge in [-0.3, -0.25) is 9.76 Å². The molecule has 1 N–H and O–H groups in total. The molecule has 0 aromatic heterocycles. The molecule has 1 atom stereocenters. The van der Waals surface area contributed by atoms with Crippen molar-refractivity contribution in [2.24, 2.45) is 0 Å². The van der Waals surface area contributed by atoms with Gasteiger partial charge in [0.15, 0.2) is 0 Å². The van der Waals surface area contributed by atoms with Gasteiger partial charge >= 0.3 is 0 Å². The highest BCUT2D eigenvalue weighted by Gasteiger charge is 2.09. The molecule has 0 saturated carbocycles. The number of hydrogen-bond donors (Lipinski definition) is 1. The summed E-state index contributed by atoms with van der Waals surface area (Å²) in [7, 11) is -0.589. The topological polar surface area (TPSA) is 15.3 Å². The molecule has 0 rings (SSSR count). The van der Waals surface area contributed by atoms with Crippen LogP contribution in [0, 0.1) is 0 Å². The third-order valence-electron chi connectivity index (χ3n) is 1.27. The van der Waals surface area contributed by atoms with Crippen LogP contribution in [-0.2, 0) is 0 Å². The highest BCUT2D eigenvalue weighted by Crippen LogP contribution is 2.39. The molecule has 2 nitrogen and oxygen atoms in total. The fourth-order valence-corrected chi connectivity index (χ4v) is 2.66. The highest BCUT2D eigenvalue weighted by atomic mass is 35.7. The molecule has 0 heterocycles. The van der Waals surface area contributed by atoms with Crippen LogP contribution in [0.3, 0.4) is 0 Å². The van der Waals surface area contributed by atoms with E-state index in [0.29, 0.717) is 0 Å². The third-order valence-corrected chi connectivity index (χ3v) is 3.91. The van der Waals surface area contributed by atoms with Gasteiger partial charge in [0.2, 0.25) is 0 Å². The number of nitrogens with zero attached hydrogens (tertiary/aromatic N) is 1. The normalized spacial score (nSPS) is 14.1. The maximum Gasteiger partial charge on any atom is 0.137 e. The Kier molecular flexibility index (Phi) is 6.76. The van der Waals surface area contributed by atoms with Gasteiger partial charge in [-0.05, 0) is 6.54 Å². The Bertz CT molecular complexity index is 78.1. The van der Waals surface area contributed by atoms with Crippen LogP contribution in [0.15, 0.2) is 0 Å². The fourth-order valence-electron chi connectivity index (χ4n) is 0.702. The number of rotatable bonds is 5. The van der Waals surface area contributed by atoms with Crippen LogP contribution in [0.5, 0.6) is 0 Å². The van der Waals surface area contributed by atoms with Gasteiger partial charge < -0.3 is 0 Å². The summed E-state index contributed by atoms with van der Waals surface area (Å²) in [6, 6.07) is 0. The minimum absolute atomic E-state index is 0.589. The van der Waals surface area contributed by atoms with Crippen molar-refractivity contribution in [1.82, 2.24) is 9.76 Å². The summed E-state index contributed by atoms with van der Waals surface area (Å²) in [5, 5.41) is 3.20. The molecule has 0 aliphatic heterocycles. The molecule has 0 aliphatic carbocycles. The highest BCUT2D eigenvalue weighted by molar-refractivity contribution is 7.80. The minimum atomic E-state index is -0.589. The molecule has 0 radical (unpaired) electrons. The van der Waals surface area contributed by atoms with Crippen LogP contribution in [0.2, 0.25) is 0 Å². The predicted molar refractivity (Wildman–Crippen MR) is 49.4 cm³/mol. The van der Waals surface area contributed by atoms with Crippen LogP contribution in [0.25, 0.3) is 0 Å². The van der Waals surface area contributed by atoms with Gasteiger partial charge in [-0.25, -0.2) is 0 Å². The predicted octanol–water partition coefficient (Wildman–Crippen LogP) is 2.40. The van der Waals surface area contributed by atoms with Gasteiger partial charge in [-0.1, -0.05) is 32.0 Å². The first-order valence-corrected chi connectivity index (χ1v) is 5.90. The Morgan fingerprint density at radius 1 is 1.30 bits per heavy atom. The smallest absolute Gasteiger partial charge is 0.137 e. The second-order valence-corrected chi connectivity index (χ2v) is 4.27. The maximum absolute atomic E-state index is 6.03. The molecule has 0 bridgehead atoms. The molecule has 0 spiro atoms. The van der Waals surface area contributed by atoms with Crippen molar-refractivity contribution in [2.45, 2.75) is 20.8 Å². The Labute approximate surface area is 69.6 Å². The summed E-state index contributed by atoms with van der Waals surface area (Å²) in [6.07, 6.45) is 0. The summed E-state index contributed by atoms with van der Waals surface area (Å²) < 4.78 is 2.22. The van der Waals surface area contributed by atoms with Crippen molar-refractivity contribution in [3.63, 3.8) is 0 Å². The molecule has 1 unspecified atom stereocenters. The maximum atomic E-state index is 6.03. The van der Waals surface area contributed by atoms with Crippen LogP contribution in [0.1, 0.15) is 20.8 Å². The van der Waals surface area contributed by atoms with E-state index in [4.69, 9.17) is 11.2 Å². The van der Waals surface area contributed by atoms with Gasteiger partial charge in [0.25, 0.3) is 0 Å². The van der Waals surface area contributed by atoms with Gasteiger partial charge in [0.05, 0.1) is 0 Å². The van der Waals surface area contributed by atoms with Crippen LogP contribution < -0.4 is 5.09 Å². The monoisotopic (exact) mass is 182 g/mol. The fraction of sp³-hybridized carbons (Fsp3) is 1.00. The Morgan fingerprint density at radius 2 is 1.80 bits per heavy atom. The zero-order valence-electron chi connectivity index (χ0n) is 6.89. The lowest BCUT2D eigenvalue weighted by Crippen LogP contribution is -2.21. The summed E-state index contributed by atoms with van der Waals surface area (Å²) >= 11 is 6.03. The van der Waals surface area contributed by atoms with E-state index in [2.05, 4.69) is 30.5 Å². The van der Waals surface area contributed by atoms with Crippen LogP contribution in [0.4, 0.5) is 0 Å². The van der Waals surface area contributed by atoms with Crippen molar-refractivity contribution < 1.29 is 0 Å². The lowest BCUT2D eigenvalue weighted by molar-refractivity contribution is 0.507. The molecule has 10 heavy (non-hydrogen) atoms. The Balaban J connectivity index is 3.53. The lowest BCUT2D eigenvalue weighted by Gasteiger charge is -2.23. The average molecular weight is 183 g/mol. The van der Waals surface area contributed by atoms with Crippen molar-refractivity contribution in [3.8, 4) is 0 Å². The van der Waals surface area contributed by atoms with E-state index < -0.39 is 7.58 Å². The SMILES string of the molecule is CCNP(Cl)N(CC)CC. The van der Waals surface area contributed by atoms with Crippen molar-refractivity contribution in [3.05, 3.63) is 0 Å². The van der Waals surface area contributed by atoms with E-state index in [1.54, 1.807) is 0 Å². The molecule has 0 aliphatic rings. The van der Waals surface area contributed by atoms with E-state index >= 15 is 0 Å². The van der Waals surface area contributed by atoms with Crippen molar-refractivity contribution in [1.29, 1.82) is 0 Å². The Morgan fingerprint density at radius 3 is 2.10 bits per heavy atom. The lowest BCUT2D eigenvalue weighted by atomic mass is 10.7. The minimum Gasteiger partial charge on any atom is -0.271 e. The van der Waals surface area contributed by atoms with Crippen molar-refractivity contribution >= 4 is 18.8 Å². The molecule has 0 fully saturated rings. The number of nitrogens with one attached hydrogen (secondary N) is 1. The van der Waals surface area contributed by atoms with Crippen molar-refractivity contribution in [2.75, 3.05) is 19.6 Å². The van der Waals surface area contributed by atoms with E-state index in [9.17, 15) is 0 Å². The first kappa shape index (κ1) is 10.6. The molecule has 0 amide bonds. The largest absolute Gasteiger partial charge is 0.271 e. The first-order valence-electron chi connectivity index (χ1n) is 3.70. The van der Waals surface area contributed by atoms with Gasteiger partial charge in [0.1, 0.15) is 7.58 Å². The first-order chi connectivity index (χ1) is 4.76. The van der Waals surface area contributed by atoms with E-state index in [-0.39, 0.29) is 0 Å². The van der Waals surface area contributed by atoms with E-state index in [0.717, 1.165) is 19.6 Å². The second kappa shape index (κ2) is 6.36. The average Bonchev–Trinajstić information content (AvgIpc) is 1.91. The zero-order valence-corrected chi connectivity index (χ0v) is 8.54. The number of halogens is 1. The van der Waals surface area contributed by atoms with Crippen LogP contribution >= 0.6 is 18.8 Å². The molecule has 62 valence electrons. The zero-order chi connectivity index (χ0) is 7.98. The van der Waals surface area contributed by atoms with E-state index in [1.165, 1.54) is 0 Å². The van der Waals surface area contributed by atoms with Gasteiger partial charge in [-0.15, -0.1) is 0 Å². The molecular weight excluding hydrogens is 167 g/mol. The quantitative estimate of drug-likeness (QED) is 0.657. The number of hydrogen-bond acceptors (Lipinski definition) is 2. The second-order valence-electron chi connectivity index (χ2n) is 1.91. The molecule has 4 heteroatoms. The van der Waals surface area contributed by atoms with Gasteiger partial charge in [-0.2, -0.15) is 0 Å². The summed E-state index contributed by atoms with van der Waals surface area (Å²) in [6.45, 7) is 9.32. The standard InChI is InChI=1S/C6H16ClN2P/c1-4-8-10(7)9(5-2)6-3/h8H,4-6H2,1-3H3. The summed E-state index contributed by atoms with van der Waals surface area (Å²) in [5.41, 5.74) is 0. The Hall–Kier alpha value is 0.640.